The van der Waals surface area contributed by atoms with Crippen LogP contribution in [0.25, 0.3) is 0 Å². The molecule has 2 aliphatic carbocycles. The van der Waals surface area contributed by atoms with Crippen LogP contribution in [-0.4, -0.2) is 39.1 Å². The van der Waals surface area contributed by atoms with Crippen molar-refractivity contribution in [2.75, 3.05) is 0 Å². The normalized spacial score (nSPS) is 27.0. The van der Waals surface area contributed by atoms with E-state index >= 15 is 0 Å². The molecule has 0 radical (unpaired) electrons. The van der Waals surface area contributed by atoms with Crippen LogP contribution in [0.5, 0.6) is 0 Å². The number of carbonyl (C=O) groups excluding carboxylic acids is 2. The van der Waals surface area contributed by atoms with Crippen molar-refractivity contribution >= 4 is 39.1 Å². The molecule has 0 saturated heterocycles. The number of hydrogen-bond donors (Lipinski definition) is 0. The molecule has 2 aliphatic rings. The third-order valence-corrected chi connectivity index (χ3v) is 26.4. The third kappa shape index (κ3) is 4.52. The van der Waals surface area contributed by atoms with E-state index < -0.39 is 27.2 Å². The number of fused-ring (bicyclic) bond motifs is 2. The summed E-state index contributed by atoms with van der Waals surface area (Å²) in [7, 11) is 0. The summed E-state index contributed by atoms with van der Waals surface area (Å²) in [5, 5.41) is 5.94. The van der Waals surface area contributed by atoms with Crippen LogP contribution in [0.15, 0.2) is 12.2 Å². The molecule has 0 heterocycles. The number of rotatable bonds is 10. The van der Waals surface area contributed by atoms with Gasteiger partial charge in [-0.1, -0.05) is 0 Å². The zero-order valence-corrected chi connectivity index (χ0v) is 22.2. The van der Waals surface area contributed by atoms with Crippen molar-refractivity contribution in [2.45, 2.75) is 79.5 Å². The summed E-state index contributed by atoms with van der Waals surface area (Å²) >= 11 is -5.17. The monoisotopic (exact) mass is 502 g/mol. The summed E-state index contributed by atoms with van der Waals surface area (Å²) in [6.07, 6.45) is 5.16. The topological polar surface area (TPSA) is 52.6 Å². The summed E-state index contributed by atoms with van der Waals surface area (Å²) in [6.45, 7) is 12.9. The van der Waals surface area contributed by atoms with Crippen LogP contribution in [0.3, 0.4) is 0 Å². The predicted octanol–water partition coefficient (Wildman–Crippen LogP) is 5.52. The van der Waals surface area contributed by atoms with Gasteiger partial charge in [0.1, 0.15) is 0 Å². The van der Waals surface area contributed by atoms with E-state index in [1.807, 2.05) is 0 Å². The van der Waals surface area contributed by atoms with E-state index in [1.54, 1.807) is 0 Å². The molecule has 0 aromatic rings. The first-order valence-corrected chi connectivity index (χ1v) is 21.6. The molecule has 6 heteroatoms. The number of carbonyl (C=O) groups is 2. The van der Waals surface area contributed by atoms with E-state index in [4.69, 9.17) is 7.53 Å². The second-order valence-corrected chi connectivity index (χ2v) is 28.0. The molecule has 0 aromatic heterocycles. The molecule has 0 aliphatic heterocycles. The van der Waals surface area contributed by atoms with Gasteiger partial charge >= 0.3 is 172 Å². The molecule has 4 atom stereocenters. The first-order chi connectivity index (χ1) is 12.8. The fourth-order valence-electron chi connectivity index (χ4n) is 4.96. The average Bonchev–Trinajstić information content (AvgIpc) is 3.32. The van der Waals surface area contributed by atoms with Gasteiger partial charge in [-0.05, 0) is 0 Å². The standard InChI is InChI=1S/C21H38Ge2O4/c1-7-22(8-2,9-3)26-20(24)18-16-13-14-17(15-16)19(18)21(25)27-23(10-4,11-5)12-6/h13-14,16-19H,7-12,15H2,1-6H3. The molecular formula is C21H38Ge2O4. The van der Waals surface area contributed by atoms with Gasteiger partial charge in [0.05, 0.1) is 0 Å². The van der Waals surface area contributed by atoms with Gasteiger partial charge in [0.2, 0.25) is 0 Å². The Labute approximate surface area is 171 Å². The first kappa shape index (κ1) is 23.0. The van der Waals surface area contributed by atoms with Crippen molar-refractivity contribution in [3.8, 4) is 0 Å². The third-order valence-electron chi connectivity index (χ3n) is 7.50. The molecule has 0 spiro atoms. The zero-order valence-electron chi connectivity index (χ0n) is 18.0. The predicted molar refractivity (Wildman–Crippen MR) is 114 cm³/mol. The average molecular weight is 500 g/mol. The SMILES string of the molecule is C[CH2][Ge]([CH2]C)([CH2]C)[O]C(=O)C1C2C=CC(C2)C1C(=O)[O][Ge]([CH2]C)([CH2]C)[CH2]C. The Kier molecular flexibility index (Phi) is 8.12. The van der Waals surface area contributed by atoms with Crippen molar-refractivity contribution in [3.05, 3.63) is 12.2 Å². The second kappa shape index (κ2) is 9.51. The van der Waals surface area contributed by atoms with Gasteiger partial charge in [-0.2, -0.15) is 0 Å². The second-order valence-electron chi connectivity index (χ2n) is 8.33. The Bertz CT molecular complexity index is 502. The van der Waals surface area contributed by atoms with Crippen molar-refractivity contribution in [3.63, 3.8) is 0 Å². The molecule has 1 fully saturated rings. The summed E-state index contributed by atoms with van der Waals surface area (Å²) in [5.74, 6) is -0.570. The molecule has 0 aromatic carbocycles. The van der Waals surface area contributed by atoms with E-state index in [1.165, 1.54) is 0 Å². The van der Waals surface area contributed by atoms with E-state index in [-0.39, 0.29) is 35.6 Å². The molecule has 0 N–H and O–H groups in total. The molecule has 2 bridgehead atoms. The van der Waals surface area contributed by atoms with Gasteiger partial charge in [0.15, 0.2) is 0 Å². The summed E-state index contributed by atoms with van der Waals surface area (Å²) in [4.78, 5) is 26.4. The molecule has 1 saturated carbocycles. The van der Waals surface area contributed by atoms with Gasteiger partial charge in [0.25, 0.3) is 0 Å². The van der Waals surface area contributed by atoms with Crippen LogP contribution >= 0.6 is 0 Å². The number of allylic oxidation sites excluding steroid dienone is 2. The summed E-state index contributed by atoms with van der Waals surface area (Å²) < 4.78 is 12.5. The molecule has 154 valence electrons. The van der Waals surface area contributed by atoms with Gasteiger partial charge in [-0.25, -0.2) is 0 Å². The maximum absolute atomic E-state index is 13.2. The molecule has 0 amide bonds. The van der Waals surface area contributed by atoms with Crippen LogP contribution in [0.4, 0.5) is 0 Å². The van der Waals surface area contributed by atoms with E-state index in [0.29, 0.717) is 0 Å². The summed E-state index contributed by atoms with van der Waals surface area (Å²) in [6, 6.07) is 0. The Morgan fingerprint density at radius 1 is 0.704 bits per heavy atom. The first-order valence-electron chi connectivity index (χ1n) is 11.0. The van der Waals surface area contributed by atoms with Crippen LogP contribution in [0.2, 0.25) is 31.5 Å². The van der Waals surface area contributed by atoms with Crippen LogP contribution in [0.1, 0.15) is 48.0 Å². The molecule has 2 rings (SSSR count). The summed E-state index contributed by atoms with van der Waals surface area (Å²) in [5.41, 5.74) is 0. The maximum atomic E-state index is 13.2. The zero-order chi connectivity index (χ0) is 20.2. The minimum absolute atomic E-state index is 0.109. The van der Waals surface area contributed by atoms with Gasteiger partial charge in [0, 0.05) is 0 Å². The Morgan fingerprint density at radius 3 is 1.26 bits per heavy atom. The Morgan fingerprint density at radius 2 is 1.00 bits per heavy atom. The van der Waals surface area contributed by atoms with Crippen LogP contribution in [-0.2, 0) is 17.1 Å². The van der Waals surface area contributed by atoms with E-state index in [9.17, 15) is 9.59 Å². The molecule has 4 nitrogen and oxygen atoms in total. The Hall–Kier alpha value is -0.234. The van der Waals surface area contributed by atoms with Crippen LogP contribution < -0.4 is 0 Å². The van der Waals surface area contributed by atoms with E-state index in [2.05, 4.69) is 53.7 Å². The van der Waals surface area contributed by atoms with Crippen molar-refractivity contribution < 1.29 is 17.1 Å². The van der Waals surface area contributed by atoms with Gasteiger partial charge < -0.3 is 0 Å². The van der Waals surface area contributed by atoms with Gasteiger partial charge in [-0.3, -0.25) is 0 Å². The van der Waals surface area contributed by atoms with E-state index in [0.717, 1.165) is 37.9 Å². The quantitative estimate of drug-likeness (QED) is 0.293. The molecule has 27 heavy (non-hydrogen) atoms. The minimum atomic E-state index is -2.59. The number of hydrogen-bond acceptors (Lipinski definition) is 4. The fraction of sp³-hybridized carbons (Fsp3) is 0.810. The Balaban J connectivity index is 2.21. The van der Waals surface area contributed by atoms with Crippen LogP contribution in [0, 0.1) is 23.7 Å². The van der Waals surface area contributed by atoms with Crippen molar-refractivity contribution in [1.29, 1.82) is 0 Å². The molecular weight excluding hydrogens is 461 g/mol. The molecule has 4 unspecified atom stereocenters. The fourth-order valence-corrected chi connectivity index (χ4v) is 15.4. The van der Waals surface area contributed by atoms with Gasteiger partial charge in [-0.15, -0.1) is 0 Å². The van der Waals surface area contributed by atoms with Crippen molar-refractivity contribution in [2.24, 2.45) is 23.7 Å². The van der Waals surface area contributed by atoms with Crippen molar-refractivity contribution in [1.82, 2.24) is 0 Å².